The maximum Gasteiger partial charge on any atom is 0.338 e. The Kier molecular flexibility index (Phi) is 8.69. The molecule has 1 aliphatic heterocycles. The highest BCUT2D eigenvalue weighted by molar-refractivity contribution is 9.10. The lowest BCUT2D eigenvalue weighted by Gasteiger charge is -2.26. The molecule has 9 nitrogen and oxygen atoms in total. The van der Waals surface area contributed by atoms with Gasteiger partial charge in [0.15, 0.2) is 11.5 Å². The summed E-state index contributed by atoms with van der Waals surface area (Å²) in [7, 11) is 1.49. The van der Waals surface area contributed by atoms with E-state index >= 15 is 0 Å². The average Bonchev–Trinajstić information content (AvgIpc) is 2.90. The number of imide groups is 2. The molecule has 0 unspecified atom stereocenters. The number of barbiturate groups is 1. The predicted octanol–water partition coefficient (Wildman–Crippen LogP) is 5.50. The maximum atomic E-state index is 13.3. The van der Waals surface area contributed by atoms with E-state index in [0.717, 1.165) is 21.6 Å². The Balaban J connectivity index is 1.61. The number of esters is 1. The highest BCUT2D eigenvalue weighted by Gasteiger charge is 2.37. The topological polar surface area (TPSA) is 111 Å². The fraction of sp³-hybridized carbons (Fsp3) is 0.200. The van der Waals surface area contributed by atoms with Crippen LogP contribution in [-0.2, 0) is 20.9 Å². The van der Waals surface area contributed by atoms with Crippen molar-refractivity contribution in [3.63, 3.8) is 0 Å². The van der Waals surface area contributed by atoms with Crippen LogP contribution >= 0.6 is 15.9 Å². The molecule has 3 aromatic carbocycles. The molecule has 10 heteroatoms. The van der Waals surface area contributed by atoms with Gasteiger partial charge >= 0.3 is 12.0 Å². The lowest BCUT2D eigenvalue weighted by molar-refractivity contribution is -0.122. The third-order valence-electron chi connectivity index (χ3n) is 5.97. The van der Waals surface area contributed by atoms with E-state index in [9.17, 15) is 19.2 Å². The monoisotopic (exact) mass is 606 g/mol. The molecular formula is C30H27BrN2O7. The molecule has 1 aliphatic rings. The molecule has 0 atom stereocenters. The smallest absolute Gasteiger partial charge is 0.338 e. The Morgan fingerprint density at radius 3 is 2.30 bits per heavy atom. The number of nitrogens with one attached hydrogen (secondary N) is 1. The molecule has 0 aliphatic carbocycles. The molecule has 3 aromatic rings. The number of hydrogen-bond acceptors (Lipinski definition) is 7. The summed E-state index contributed by atoms with van der Waals surface area (Å²) in [5, 5.41) is 2.19. The molecule has 0 radical (unpaired) electrons. The van der Waals surface area contributed by atoms with Crippen LogP contribution in [0, 0.1) is 13.8 Å². The minimum atomic E-state index is -0.898. The van der Waals surface area contributed by atoms with Crippen LogP contribution in [0.1, 0.15) is 39.5 Å². The van der Waals surface area contributed by atoms with Gasteiger partial charge in [-0.2, -0.15) is 0 Å². The van der Waals surface area contributed by atoms with Crippen LogP contribution in [0.5, 0.6) is 11.5 Å². The highest BCUT2D eigenvalue weighted by atomic mass is 79.9. The van der Waals surface area contributed by atoms with Crippen molar-refractivity contribution in [2.45, 2.75) is 27.4 Å². The Morgan fingerprint density at radius 2 is 1.68 bits per heavy atom. The van der Waals surface area contributed by atoms with Crippen molar-refractivity contribution in [2.75, 3.05) is 18.6 Å². The molecule has 40 heavy (non-hydrogen) atoms. The van der Waals surface area contributed by atoms with E-state index in [-0.39, 0.29) is 23.4 Å². The van der Waals surface area contributed by atoms with Gasteiger partial charge < -0.3 is 14.2 Å². The van der Waals surface area contributed by atoms with Crippen LogP contribution in [0.3, 0.4) is 0 Å². The molecule has 0 saturated carbocycles. The number of aryl methyl sites for hydroxylation is 2. The predicted molar refractivity (Wildman–Crippen MR) is 152 cm³/mol. The van der Waals surface area contributed by atoms with Gasteiger partial charge in [-0.05, 0) is 90.3 Å². The van der Waals surface area contributed by atoms with E-state index in [2.05, 4.69) is 27.3 Å². The SMILES string of the molecule is CCOC(=O)c1ccc(N2C(=O)NC(=O)/C(=C\c3cc(Br)c(OCc4cc(C)cc(C)c4)c(OC)c3)C2=O)cc1. The molecule has 0 bridgehead atoms. The second kappa shape index (κ2) is 12.2. The fourth-order valence-electron chi connectivity index (χ4n) is 4.29. The molecule has 0 spiro atoms. The van der Waals surface area contributed by atoms with Crippen molar-refractivity contribution in [3.8, 4) is 11.5 Å². The summed E-state index contributed by atoms with van der Waals surface area (Å²) in [6, 6.07) is 14.3. The number of rotatable bonds is 8. The van der Waals surface area contributed by atoms with E-state index in [1.54, 1.807) is 19.1 Å². The summed E-state index contributed by atoms with van der Waals surface area (Å²) in [5.74, 6) is -1.33. The molecule has 4 amide bonds. The number of hydrogen-bond donors (Lipinski definition) is 1. The molecule has 206 valence electrons. The zero-order valence-electron chi connectivity index (χ0n) is 22.4. The molecule has 1 fully saturated rings. The van der Waals surface area contributed by atoms with E-state index in [1.807, 2.05) is 26.0 Å². The van der Waals surface area contributed by atoms with Crippen molar-refractivity contribution in [2.24, 2.45) is 0 Å². The summed E-state index contributed by atoms with van der Waals surface area (Å²) < 4.78 is 17.1. The lowest BCUT2D eigenvalue weighted by Crippen LogP contribution is -2.54. The number of carbonyl (C=O) groups excluding carboxylic acids is 4. The first kappa shape index (κ1) is 28.6. The number of methoxy groups -OCH3 is 1. The molecule has 0 aromatic heterocycles. The standard InChI is InChI=1S/C30H27BrN2O7/c1-5-39-29(36)21-6-8-22(9-7-21)33-28(35)23(27(34)32-30(33)37)13-19-14-24(31)26(25(15-19)38-4)40-16-20-11-17(2)10-18(3)12-20/h6-15H,5,16H2,1-4H3,(H,32,34,37)/b23-13+. The number of nitrogens with zero attached hydrogens (tertiary/aromatic N) is 1. The lowest BCUT2D eigenvalue weighted by atomic mass is 10.1. The first-order chi connectivity index (χ1) is 19.1. The van der Waals surface area contributed by atoms with Crippen molar-refractivity contribution in [1.29, 1.82) is 0 Å². The minimum absolute atomic E-state index is 0.183. The second-order valence-electron chi connectivity index (χ2n) is 9.04. The quantitative estimate of drug-likeness (QED) is 0.205. The summed E-state index contributed by atoms with van der Waals surface area (Å²) in [6.45, 7) is 6.25. The van der Waals surface area contributed by atoms with Crippen LogP contribution in [-0.4, -0.2) is 37.5 Å². The van der Waals surface area contributed by atoms with Gasteiger partial charge in [-0.1, -0.05) is 29.3 Å². The van der Waals surface area contributed by atoms with Gasteiger partial charge in [0, 0.05) is 0 Å². The normalized spacial score (nSPS) is 14.3. The van der Waals surface area contributed by atoms with Crippen molar-refractivity contribution in [3.05, 3.63) is 92.5 Å². The summed E-state index contributed by atoms with van der Waals surface area (Å²) in [5.41, 5.74) is 3.91. The first-order valence-electron chi connectivity index (χ1n) is 12.4. The van der Waals surface area contributed by atoms with E-state index in [1.165, 1.54) is 37.5 Å². The Labute approximate surface area is 239 Å². The number of halogens is 1. The third kappa shape index (κ3) is 6.23. The van der Waals surface area contributed by atoms with Crippen LogP contribution in [0.4, 0.5) is 10.5 Å². The van der Waals surface area contributed by atoms with Crippen molar-refractivity contribution in [1.82, 2.24) is 5.32 Å². The fourth-order valence-corrected chi connectivity index (χ4v) is 4.86. The second-order valence-corrected chi connectivity index (χ2v) is 9.90. The molecular weight excluding hydrogens is 580 g/mol. The summed E-state index contributed by atoms with van der Waals surface area (Å²) in [6.07, 6.45) is 1.37. The van der Waals surface area contributed by atoms with Crippen molar-refractivity contribution >= 4 is 51.5 Å². The van der Waals surface area contributed by atoms with E-state index in [4.69, 9.17) is 14.2 Å². The van der Waals surface area contributed by atoms with Crippen LogP contribution < -0.4 is 19.7 Å². The Hall–Kier alpha value is -4.44. The Morgan fingerprint density at radius 1 is 1.00 bits per heavy atom. The van der Waals surface area contributed by atoms with E-state index < -0.39 is 23.8 Å². The van der Waals surface area contributed by atoms with Gasteiger partial charge in [0.1, 0.15) is 12.2 Å². The maximum absolute atomic E-state index is 13.3. The van der Waals surface area contributed by atoms with Gasteiger partial charge in [0.2, 0.25) is 0 Å². The van der Waals surface area contributed by atoms with Gasteiger partial charge in [0.25, 0.3) is 11.8 Å². The average molecular weight is 607 g/mol. The first-order valence-corrected chi connectivity index (χ1v) is 13.2. The highest BCUT2D eigenvalue weighted by Crippen LogP contribution is 2.38. The Bertz CT molecular complexity index is 1510. The van der Waals surface area contributed by atoms with Crippen LogP contribution in [0.2, 0.25) is 0 Å². The molecule has 1 saturated heterocycles. The van der Waals surface area contributed by atoms with Gasteiger partial charge in [-0.15, -0.1) is 0 Å². The summed E-state index contributed by atoms with van der Waals surface area (Å²) >= 11 is 3.50. The molecule has 1 heterocycles. The van der Waals surface area contributed by atoms with Gasteiger partial charge in [0.05, 0.1) is 29.4 Å². The van der Waals surface area contributed by atoms with Crippen LogP contribution in [0.15, 0.2) is 64.6 Å². The number of anilines is 1. The third-order valence-corrected chi connectivity index (χ3v) is 6.55. The molecule has 4 rings (SSSR count). The number of carbonyl (C=O) groups is 4. The number of amides is 4. The van der Waals surface area contributed by atoms with Gasteiger partial charge in [-0.25, -0.2) is 14.5 Å². The van der Waals surface area contributed by atoms with Gasteiger partial charge in [-0.3, -0.25) is 14.9 Å². The zero-order chi connectivity index (χ0) is 29.0. The summed E-state index contributed by atoms with van der Waals surface area (Å²) in [4.78, 5) is 51.3. The van der Waals surface area contributed by atoms with E-state index in [0.29, 0.717) is 28.1 Å². The largest absolute Gasteiger partial charge is 0.493 e. The minimum Gasteiger partial charge on any atom is -0.493 e. The van der Waals surface area contributed by atoms with Crippen LogP contribution in [0.25, 0.3) is 6.08 Å². The molecule has 1 N–H and O–H groups in total. The number of ether oxygens (including phenoxy) is 3. The number of benzene rings is 3. The zero-order valence-corrected chi connectivity index (χ0v) is 24.0. The number of urea groups is 1. The van der Waals surface area contributed by atoms with Crippen molar-refractivity contribution < 1.29 is 33.4 Å².